The van der Waals surface area contributed by atoms with Crippen molar-refractivity contribution in [3.05, 3.63) is 28.8 Å². The van der Waals surface area contributed by atoms with Gasteiger partial charge in [-0.05, 0) is 25.0 Å². The maximum Gasteiger partial charge on any atom is 0.326 e. The third-order valence-corrected chi connectivity index (χ3v) is 4.24. The van der Waals surface area contributed by atoms with Gasteiger partial charge in [-0.1, -0.05) is 17.7 Å². The third-order valence-electron chi connectivity index (χ3n) is 3.88. The van der Waals surface area contributed by atoms with Crippen LogP contribution in [-0.2, 0) is 20.7 Å². The monoisotopic (exact) mass is 341 g/mol. The molecule has 0 spiro atoms. The lowest BCUT2D eigenvalue weighted by Gasteiger charge is -2.28. The smallest absolute Gasteiger partial charge is 0.326 e. The van der Waals surface area contributed by atoms with Crippen molar-refractivity contribution in [1.29, 1.82) is 0 Å². The van der Waals surface area contributed by atoms with Crippen molar-refractivity contribution in [2.45, 2.75) is 25.3 Å². The molecular formula is C16H20ClNO5. The van der Waals surface area contributed by atoms with Gasteiger partial charge in [0.05, 0.1) is 20.1 Å². The molecule has 7 heteroatoms. The van der Waals surface area contributed by atoms with E-state index in [-0.39, 0.29) is 12.3 Å². The minimum absolute atomic E-state index is 0.0415. The summed E-state index contributed by atoms with van der Waals surface area (Å²) in [5, 5.41) is 12.4. The Kier molecular flexibility index (Phi) is 6.24. The average molecular weight is 342 g/mol. The number of carboxylic acid groups (broad SMARTS) is 1. The van der Waals surface area contributed by atoms with Crippen molar-refractivity contribution in [2.24, 2.45) is 5.92 Å². The Balaban J connectivity index is 2.06. The molecule has 1 aromatic rings. The van der Waals surface area contributed by atoms with Gasteiger partial charge in [0.2, 0.25) is 5.91 Å². The number of hydrogen-bond acceptors (Lipinski definition) is 4. The number of carboxylic acids is 1. The highest BCUT2D eigenvalue weighted by molar-refractivity contribution is 6.31. The van der Waals surface area contributed by atoms with Crippen LogP contribution >= 0.6 is 11.6 Å². The number of methoxy groups -OCH3 is 1. The highest BCUT2D eigenvalue weighted by atomic mass is 35.5. The summed E-state index contributed by atoms with van der Waals surface area (Å²) in [4.78, 5) is 23.7. The van der Waals surface area contributed by atoms with Gasteiger partial charge in [0, 0.05) is 23.1 Å². The van der Waals surface area contributed by atoms with Crippen molar-refractivity contribution in [2.75, 3.05) is 20.3 Å². The minimum atomic E-state index is -1.06. The zero-order chi connectivity index (χ0) is 16.8. The molecule has 23 heavy (non-hydrogen) atoms. The van der Waals surface area contributed by atoms with Crippen LogP contribution in [0, 0.1) is 5.92 Å². The first-order valence-corrected chi connectivity index (χ1v) is 7.82. The predicted octanol–water partition coefficient (Wildman–Crippen LogP) is 1.89. The second-order valence-corrected chi connectivity index (χ2v) is 5.87. The lowest BCUT2D eigenvalue weighted by Crippen LogP contribution is -2.48. The number of hydrogen-bond donors (Lipinski definition) is 2. The summed E-state index contributed by atoms with van der Waals surface area (Å²) in [6.45, 7) is 0.972. The molecule has 1 aliphatic rings. The molecule has 0 aromatic heterocycles. The van der Waals surface area contributed by atoms with E-state index in [0.29, 0.717) is 36.0 Å². The van der Waals surface area contributed by atoms with Gasteiger partial charge in [-0.25, -0.2) is 4.79 Å². The summed E-state index contributed by atoms with van der Waals surface area (Å²) in [7, 11) is 1.49. The number of ether oxygens (including phenoxy) is 2. The van der Waals surface area contributed by atoms with E-state index in [2.05, 4.69) is 5.32 Å². The van der Waals surface area contributed by atoms with Gasteiger partial charge in [-0.15, -0.1) is 0 Å². The molecular weight excluding hydrogens is 322 g/mol. The van der Waals surface area contributed by atoms with Gasteiger partial charge in [0.1, 0.15) is 11.8 Å². The molecule has 2 atom stereocenters. The van der Waals surface area contributed by atoms with Crippen molar-refractivity contribution < 1.29 is 24.2 Å². The van der Waals surface area contributed by atoms with Crippen molar-refractivity contribution in [3.63, 3.8) is 0 Å². The van der Waals surface area contributed by atoms with E-state index in [1.165, 1.54) is 7.11 Å². The van der Waals surface area contributed by atoms with E-state index >= 15 is 0 Å². The third kappa shape index (κ3) is 4.59. The standard InChI is InChI=1S/C16H20ClNO5/c1-22-13-6-2-5-12(17)11(13)8-14(19)18-15(16(20)21)10-4-3-7-23-9-10/h2,5-6,10,15H,3-4,7-9H2,1H3,(H,18,19)(H,20,21). The van der Waals surface area contributed by atoms with Gasteiger partial charge in [-0.2, -0.15) is 0 Å². The van der Waals surface area contributed by atoms with E-state index < -0.39 is 17.9 Å². The van der Waals surface area contributed by atoms with Gasteiger partial charge in [0.15, 0.2) is 0 Å². The van der Waals surface area contributed by atoms with Crippen LogP contribution in [0.1, 0.15) is 18.4 Å². The second kappa shape index (κ2) is 8.17. The lowest BCUT2D eigenvalue weighted by molar-refractivity contribution is -0.145. The average Bonchev–Trinajstić information content (AvgIpc) is 2.55. The molecule has 0 aliphatic carbocycles. The Morgan fingerprint density at radius 3 is 2.91 bits per heavy atom. The van der Waals surface area contributed by atoms with Crippen LogP contribution in [-0.4, -0.2) is 43.3 Å². The Morgan fingerprint density at radius 2 is 2.30 bits per heavy atom. The minimum Gasteiger partial charge on any atom is -0.496 e. The van der Waals surface area contributed by atoms with E-state index in [1.54, 1.807) is 18.2 Å². The van der Waals surface area contributed by atoms with Crippen LogP contribution in [0.25, 0.3) is 0 Å². The zero-order valence-electron chi connectivity index (χ0n) is 12.9. The van der Waals surface area contributed by atoms with Gasteiger partial charge in [0.25, 0.3) is 0 Å². The fourth-order valence-electron chi connectivity index (χ4n) is 2.70. The number of carbonyl (C=O) groups excluding carboxylic acids is 1. The molecule has 0 bridgehead atoms. The fourth-order valence-corrected chi connectivity index (χ4v) is 2.93. The Labute approximate surface area is 139 Å². The molecule has 1 amide bonds. The number of nitrogens with one attached hydrogen (secondary N) is 1. The van der Waals surface area contributed by atoms with E-state index in [0.717, 1.165) is 6.42 Å². The molecule has 1 aromatic carbocycles. The maximum atomic E-state index is 12.3. The summed E-state index contributed by atoms with van der Waals surface area (Å²) < 4.78 is 10.5. The number of rotatable bonds is 6. The summed E-state index contributed by atoms with van der Waals surface area (Å²) in [6.07, 6.45) is 1.47. The van der Waals surface area contributed by atoms with Crippen molar-refractivity contribution in [1.82, 2.24) is 5.32 Å². The fraction of sp³-hybridized carbons (Fsp3) is 0.500. The van der Waals surface area contributed by atoms with Gasteiger partial charge >= 0.3 is 5.97 Å². The van der Waals surface area contributed by atoms with Crippen LogP contribution in [0.4, 0.5) is 0 Å². The van der Waals surface area contributed by atoms with E-state index in [1.807, 2.05) is 0 Å². The molecule has 1 aliphatic heterocycles. The molecule has 6 nitrogen and oxygen atoms in total. The van der Waals surface area contributed by atoms with Crippen molar-refractivity contribution in [3.8, 4) is 5.75 Å². The van der Waals surface area contributed by atoms with Crippen LogP contribution in [0.5, 0.6) is 5.75 Å². The zero-order valence-corrected chi connectivity index (χ0v) is 13.6. The summed E-state index contributed by atoms with van der Waals surface area (Å²) in [6, 6.07) is 4.13. The molecule has 2 rings (SSSR count). The van der Waals surface area contributed by atoms with Crippen LogP contribution in [0.3, 0.4) is 0 Å². The largest absolute Gasteiger partial charge is 0.496 e. The number of halogens is 1. The number of amides is 1. The molecule has 2 unspecified atom stereocenters. The van der Waals surface area contributed by atoms with Crippen LogP contribution in [0.2, 0.25) is 5.02 Å². The normalized spacial score (nSPS) is 19.0. The number of carbonyl (C=O) groups is 2. The first-order valence-electron chi connectivity index (χ1n) is 7.44. The quantitative estimate of drug-likeness (QED) is 0.825. The van der Waals surface area contributed by atoms with Crippen LogP contribution < -0.4 is 10.1 Å². The van der Waals surface area contributed by atoms with Crippen LogP contribution in [0.15, 0.2) is 18.2 Å². The highest BCUT2D eigenvalue weighted by Gasteiger charge is 2.31. The molecule has 1 saturated heterocycles. The Morgan fingerprint density at radius 1 is 1.52 bits per heavy atom. The van der Waals surface area contributed by atoms with E-state index in [4.69, 9.17) is 21.1 Å². The topological polar surface area (TPSA) is 84.9 Å². The molecule has 1 fully saturated rings. The first kappa shape index (κ1) is 17.6. The molecule has 126 valence electrons. The maximum absolute atomic E-state index is 12.3. The molecule has 0 saturated carbocycles. The Hall–Kier alpha value is -1.79. The molecule has 2 N–H and O–H groups in total. The highest BCUT2D eigenvalue weighted by Crippen LogP contribution is 2.27. The lowest BCUT2D eigenvalue weighted by atomic mass is 9.93. The second-order valence-electron chi connectivity index (χ2n) is 5.46. The summed E-state index contributed by atoms with van der Waals surface area (Å²) >= 11 is 6.10. The predicted molar refractivity (Wildman–Crippen MR) is 84.8 cm³/mol. The van der Waals surface area contributed by atoms with Gasteiger partial charge < -0.3 is 19.9 Å². The van der Waals surface area contributed by atoms with Crippen molar-refractivity contribution >= 4 is 23.5 Å². The summed E-state index contributed by atoms with van der Waals surface area (Å²) in [5.74, 6) is -1.19. The SMILES string of the molecule is COc1cccc(Cl)c1CC(=O)NC(C(=O)O)C1CCCOC1. The molecule has 1 heterocycles. The Bertz CT molecular complexity index is 572. The number of aliphatic carboxylic acids is 1. The first-order chi connectivity index (χ1) is 11.0. The molecule has 0 radical (unpaired) electrons. The van der Waals surface area contributed by atoms with E-state index in [9.17, 15) is 14.7 Å². The van der Waals surface area contributed by atoms with Gasteiger partial charge in [-0.3, -0.25) is 4.79 Å². The number of benzene rings is 1. The summed E-state index contributed by atoms with van der Waals surface area (Å²) in [5.41, 5.74) is 0.540.